The van der Waals surface area contributed by atoms with E-state index in [1.807, 2.05) is 5.38 Å². The van der Waals surface area contributed by atoms with Crippen molar-refractivity contribution in [2.75, 3.05) is 26.8 Å². The number of thiazole rings is 1. The highest BCUT2D eigenvalue weighted by Crippen LogP contribution is 2.10. The number of hydrogen-bond donors (Lipinski definition) is 2. The molecule has 0 aliphatic rings. The Morgan fingerprint density at radius 2 is 2.62 bits per heavy atom. The highest BCUT2D eigenvalue weighted by molar-refractivity contribution is 7.07. The van der Waals surface area contributed by atoms with E-state index in [-0.39, 0.29) is 0 Å². The fraction of sp³-hybridized carbons (Fsp3) is 0.625. The first kappa shape index (κ1) is 10.6. The molecule has 5 heteroatoms. The molecule has 0 aliphatic heterocycles. The Balaban J connectivity index is 2.15. The zero-order valence-electron chi connectivity index (χ0n) is 7.56. The summed E-state index contributed by atoms with van der Waals surface area (Å²) in [6.07, 6.45) is -0.511. The van der Waals surface area contributed by atoms with Gasteiger partial charge in [0.25, 0.3) is 0 Å². The molecule has 0 amide bonds. The number of aromatic nitrogens is 1. The number of nitrogens with zero attached hydrogens (tertiary/aromatic N) is 1. The molecular formula is C8H14N2O2S. The maximum absolute atomic E-state index is 9.55. The van der Waals surface area contributed by atoms with Gasteiger partial charge in [0.1, 0.15) is 6.10 Å². The molecule has 0 saturated heterocycles. The minimum atomic E-state index is -0.511. The molecule has 0 saturated carbocycles. The summed E-state index contributed by atoms with van der Waals surface area (Å²) in [7, 11) is 1.65. The molecule has 74 valence electrons. The number of aliphatic hydroxyl groups excluding tert-OH is 1. The Kier molecular flexibility index (Phi) is 4.92. The van der Waals surface area contributed by atoms with Gasteiger partial charge >= 0.3 is 0 Å². The van der Waals surface area contributed by atoms with Crippen LogP contribution in [0.5, 0.6) is 0 Å². The van der Waals surface area contributed by atoms with Gasteiger partial charge in [-0.05, 0) is 0 Å². The summed E-state index contributed by atoms with van der Waals surface area (Å²) in [6.45, 7) is 1.93. The van der Waals surface area contributed by atoms with Crippen LogP contribution >= 0.6 is 11.3 Å². The molecule has 0 aromatic carbocycles. The fourth-order valence-corrected chi connectivity index (χ4v) is 1.50. The number of methoxy groups -OCH3 is 1. The first-order chi connectivity index (χ1) is 6.34. The number of nitrogens with one attached hydrogen (secondary N) is 1. The van der Waals surface area contributed by atoms with Crippen LogP contribution in [0.3, 0.4) is 0 Å². The maximum atomic E-state index is 9.55. The van der Waals surface area contributed by atoms with Crippen LogP contribution in [0.25, 0.3) is 0 Å². The molecule has 0 bridgehead atoms. The molecule has 1 aromatic rings. The standard InChI is InChI=1S/C8H14N2O2S/c1-12-3-2-9-4-8(11)7-5-13-6-10-7/h5-6,8-9,11H,2-4H2,1H3. The van der Waals surface area contributed by atoms with Gasteiger partial charge in [0.05, 0.1) is 17.8 Å². The van der Waals surface area contributed by atoms with Crippen LogP contribution in [0, 0.1) is 0 Å². The molecule has 1 heterocycles. The van der Waals surface area contributed by atoms with E-state index < -0.39 is 6.10 Å². The third-order valence-electron chi connectivity index (χ3n) is 1.61. The average Bonchev–Trinajstić information content (AvgIpc) is 2.65. The fourth-order valence-electron chi connectivity index (χ4n) is 0.904. The Bertz CT molecular complexity index is 216. The monoisotopic (exact) mass is 202 g/mol. The summed E-state index contributed by atoms with van der Waals surface area (Å²) in [5, 5.41) is 14.5. The molecule has 1 rings (SSSR count). The zero-order valence-corrected chi connectivity index (χ0v) is 8.38. The first-order valence-corrected chi connectivity index (χ1v) is 5.04. The number of rotatable bonds is 6. The SMILES string of the molecule is COCCNCC(O)c1cscn1. The Labute approximate surface area is 81.6 Å². The van der Waals surface area contributed by atoms with E-state index in [0.29, 0.717) is 13.2 Å². The molecule has 0 aliphatic carbocycles. The van der Waals surface area contributed by atoms with E-state index in [2.05, 4.69) is 10.3 Å². The van der Waals surface area contributed by atoms with Gasteiger partial charge in [-0.2, -0.15) is 0 Å². The minimum Gasteiger partial charge on any atom is -0.385 e. The molecule has 0 radical (unpaired) electrons. The lowest BCUT2D eigenvalue weighted by molar-refractivity contribution is 0.159. The van der Waals surface area contributed by atoms with Crippen LogP contribution in [-0.4, -0.2) is 36.9 Å². The topological polar surface area (TPSA) is 54.4 Å². The van der Waals surface area contributed by atoms with Gasteiger partial charge < -0.3 is 15.2 Å². The molecule has 1 atom stereocenters. The van der Waals surface area contributed by atoms with Gasteiger partial charge in [-0.1, -0.05) is 0 Å². The average molecular weight is 202 g/mol. The van der Waals surface area contributed by atoms with E-state index in [1.54, 1.807) is 12.6 Å². The molecule has 0 spiro atoms. The van der Waals surface area contributed by atoms with Crippen LogP contribution in [0.1, 0.15) is 11.8 Å². The van der Waals surface area contributed by atoms with Crippen molar-refractivity contribution >= 4 is 11.3 Å². The van der Waals surface area contributed by atoms with E-state index >= 15 is 0 Å². The maximum Gasteiger partial charge on any atom is 0.109 e. The van der Waals surface area contributed by atoms with Crippen molar-refractivity contribution in [2.24, 2.45) is 0 Å². The van der Waals surface area contributed by atoms with Gasteiger partial charge in [0.2, 0.25) is 0 Å². The van der Waals surface area contributed by atoms with Crippen LogP contribution in [0.4, 0.5) is 0 Å². The van der Waals surface area contributed by atoms with E-state index in [1.165, 1.54) is 11.3 Å². The highest BCUT2D eigenvalue weighted by atomic mass is 32.1. The number of ether oxygens (including phenoxy) is 1. The Morgan fingerprint density at radius 3 is 3.23 bits per heavy atom. The summed E-state index contributed by atoms with van der Waals surface area (Å²) < 4.78 is 4.86. The lowest BCUT2D eigenvalue weighted by Gasteiger charge is -2.08. The Hall–Kier alpha value is -0.490. The lowest BCUT2D eigenvalue weighted by Crippen LogP contribution is -2.25. The smallest absolute Gasteiger partial charge is 0.109 e. The van der Waals surface area contributed by atoms with Crippen LogP contribution in [0.15, 0.2) is 10.9 Å². The molecular weight excluding hydrogens is 188 g/mol. The van der Waals surface area contributed by atoms with Crippen LogP contribution in [0.2, 0.25) is 0 Å². The minimum absolute atomic E-state index is 0.511. The highest BCUT2D eigenvalue weighted by Gasteiger charge is 2.07. The van der Waals surface area contributed by atoms with Gasteiger partial charge in [0.15, 0.2) is 0 Å². The number of aliphatic hydroxyl groups is 1. The second kappa shape index (κ2) is 6.04. The summed E-state index contributed by atoms with van der Waals surface area (Å²) in [5.41, 5.74) is 2.45. The van der Waals surface area contributed by atoms with Crippen molar-refractivity contribution in [3.8, 4) is 0 Å². The van der Waals surface area contributed by atoms with Gasteiger partial charge in [-0.3, -0.25) is 0 Å². The number of hydrogen-bond acceptors (Lipinski definition) is 5. The summed E-state index contributed by atoms with van der Waals surface area (Å²) in [6, 6.07) is 0. The lowest BCUT2D eigenvalue weighted by atomic mass is 10.3. The second-order valence-electron chi connectivity index (χ2n) is 2.63. The largest absolute Gasteiger partial charge is 0.385 e. The quantitative estimate of drug-likeness (QED) is 0.656. The van der Waals surface area contributed by atoms with Crippen molar-refractivity contribution in [3.63, 3.8) is 0 Å². The summed E-state index contributed by atoms with van der Waals surface area (Å²) >= 11 is 1.49. The van der Waals surface area contributed by atoms with Crippen molar-refractivity contribution in [2.45, 2.75) is 6.10 Å². The molecule has 1 aromatic heterocycles. The van der Waals surface area contributed by atoms with E-state index in [4.69, 9.17) is 4.74 Å². The normalized spacial score (nSPS) is 13.1. The predicted octanol–water partition coefficient (Wildman–Crippen LogP) is 0.412. The molecule has 2 N–H and O–H groups in total. The van der Waals surface area contributed by atoms with Crippen molar-refractivity contribution < 1.29 is 9.84 Å². The van der Waals surface area contributed by atoms with Crippen LogP contribution < -0.4 is 5.32 Å². The summed E-state index contributed by atoms with van der Waals surface area (Å²) in [4.78, 5) is 4.01. The van der Waals surface area contributed by atoms with E-state index in [0.717, 1.165) is 12.2 Å². The molecule has 4 nitrogen and oxygen atoms in total. The van der Waals surface area contributed by atoms with Gasteiger partial charge in [-0.25, -0.2) is 4.98 Å². The van der Waals surface area contributed by atoms with Gasteiger partial charge in [0, 0.05) is 25.6 Å². The van der Waals surface area contributed by atoms with E-state index in [9.17, 15) is 5.11 Å². The van der Waals surface area contributed by atoms with Crippen molar-refractivity contribution in [1.29, 1.82) is 0 Å². The third-order valence-corrected chi connectivity index (χ3v) is 2.22. The van der Waals surface area contributed by atoms with Crippen LogP contribution in [-0.2, 0) is 4.74 Å². The van der Waals surface area contributed by atoms with Crippen molar-refractivity contribution in [1.82, 2.24) is 10.3 Å². The summed E-state index contributed by atoms with van der Waals surface area (Å²) in [5.74, 6) is 0. The van der Waals surface area contributed by atoms with Crippen molar-refractivity contribution in [3.05, 3.63) is 16.6 Å². The second-order valence-corrected chi connectivity index (χ2v) is 3.34. The first-order valence-electron chi connectivity index (χ1n) is 4.10. The Morgan fingerprint density at radius 1 is 1.77 bits per heavy atom. The third kappa shape index (κ3) is 3.82. The van der Waals surface area contributed by atoms with Gasteiger partial charge in [-0.15, -0.1) is 11.3 Å². The molecule has 1 unspecified atom stereocenters. The zero-order chi connectivity index (χ0) is 9.52. The predicted molar refractivity (Wildman–Crippen MR) is 51.8 cm³/mol. The molecule has 0 fully saturated rings. The molecule has 13 heavy (non-hydrogen) atoms.